The molecule has 0 amide bonds. The van der Waals surface area contributed by atoms with Gasteiger partial charge >= 0.3 is 6.15 Å². The molecule has 118 valence electrons. The average Bonchev–Trinajstić information content (AvgIpc) is 3.18. The van der Waals surface area contributed by atoms with Gasteiger partial charge in [-0.05, 0) is 55.8 Å². The monoisotopic (exact) mass is 282 g/mol. The zero-order chi connectivity index (χ0) is 15.4. The standard InChI is InChI=1S/C10H16.C5H12.C2H6.CO2/c1-2-9-7-4-5-8(6-7)10(9)3-1;1-3-5-4-2;1-2;2-1-3/h7-10H,1-6H2;3-5H2,1-2H3;1-2H3;. The second-order valence-corrected chi connectivity index (χ2v) is 6.03. The number of unbranched alkanes of at least 4 members (excludes halogenated alkanes) is 2. The first kappa shape index (κ1) is 19.4. The van der Waals surface area contributed by atoms with Crippen molar-refractivity contribution in [3.8, 4) is 0 Å². The van der Waals surface area contributed by atoms with Crippen LogP contribution in [0.1, 0.15) is 85.5 Å². The Bertz CT molecular complexity index is 238. The smallest absolute Gasteiger partial charge is 0.186 e. The first-order valence-corrected chi connectivity index (χ1v) is 8.77. The van der Waals surface area contributed by atoms with Gasteiger partial charge in [0.1, 0.15) is 0 Å². The molecule has 0 aromatic rings. The molecule has 4 unspecified atom stereocenters. The molecule has 3 aliphatic carbocycles. The number of hydrogen-bond acceptors (Lipinski definition) is 2. The van der Waals surface area contributed by atoms with E-state index >= 15 is 0 Å². The molecule has 0 radical (unpaired) electrons. The van der Waals surface area contributed by atoms with Crippen LogP contribution in [-0.2, 0) is 9.59 Å². The predicted molar refractivity (Wildman–Crippen MR) is 83.2 cm³/mol. The van der Waals surface area contributed by atoms with Crippen molar-refractivity contribution in [2.45, 2.75) is 85.5 Å². The van der Waals surface area contributed by atoms with E-state index in [0.717, 1.165) is 0 Å². The molecule has 0 heterocycles. The first-order valence-electron chi connectivity index (χ1n) is 8.77. The predicted octanol–water partition coefficient (Wildman–Crippen LogP) is 5.47. The highest BCUT2D eigenvalue weighted by atomic mass is 16.2. The third-order valence-electron chi connectivity index (χ3n) is 5.06. The molecule has 0 spiro atoms. The Morgan fingerprint density at radius 3 is 1.55 bits per heavy atom. The van der Waals surface area contributed by atoms with E-state index in [1.54, 1.807) is 38.5 Å². The van der Waals surface area contributed by atoms with Gasteiger partial charge in [0.05, 0.1) is 0 Å². The van der Waals surface area contributed by atoms with E-state index in [0.29, 0.717) is 0 Å². The molecule has 0 aromatic carbocycles. The highest BCUT2D eigenvalue weighted by Crippen LogP contribution is 2.58. The lowest BCUT2D eigenvalue weighted by atomic mass is 9.82. The summed E-state index contributed by atoms with van der Waals surface area (Å²) >= 11 is 0. The quantitative estimate of drug-likeness (QED) is 0.672. The van der Waals surface area contributed by atoms with Gasteiger partial charge in [-0.2, -0.15) is 9.59 Å². The van der Waals surface area contributed by atoms with Crippen molar-refractivity contribution >= 4 is 6.15 Å². The van der Waals surface area contributed by atoms with Gasteiger partial charge in [0.15, 0.2) is 0 Å². The lowest BCUT2D eigenvalue weighted by Crippen LogP contribution is -2.15. The lowest BCUT2D eigenvalue weighted by molar-refractivity contribution is -0.191. The maximum atomic E-state index is 8.12. The maximum absolute atomic E-state index is 8.12. The van der Waals surface area contributed by atoms with Crippen LogP contribution in [0.5, 0.6) is 0 Å². The molecule has 3 fully saturated rings. The van der Waals surface area contributed by atoms with Crippen LogP contribution in [0, 0.1) is 23.7 Å². The second-order valence-electron chi connectivity index (χ2n) is 6.03. The van der Waals surface area contributed by atoms with Gasteiger partial charge in [-0.1, -0.05) is 53.4 Å². The van der Waals surface area contributed by atoms with Gasteiger partial charge in [-0.3, -0.25) is 0 Å². The maximum Gasteiger partial charge on any atom is 0.373 e. The Morgan fingerprint density at radius 2 is 1.25 bits per heavy atom. The highest BCUT2D eigenvalue weighted by Gasteiger charge is 2.48. The second kappa shape index (κ2) is 12.1. The zero-order valence-corrected chi connectivity index (χ0v) is 14.0. The first-order chi connectivity index (χ1) is 9.78. The fraction of sp³-hybridized carbons (Fsp3) is 0.944. The summed E-state index contributed by atoms with van der Waals surface area (Å²) in [6, 6.07) is 0. The summed E-state index contributed by atoms with van der Waals surface area (Å²) in [5, 5.41) is 0. The Hall–Kier alpha value is -0.620. The average molecular weight is 282 g/mol. The third-order valence-corrected chi connectivity index (χ3v) is 5.06. The van der Waals surface area contributed by atoms with Crippen molar-refractivity contribution in [2.75, 3.05) is 0 Å². The van der Waals surface area contributed by atoms with Crippen molar-refractivity contribution in [2.24, 2.45) is 23.7 Å². The highest BCUT2D eigenvalue weighted by molar-refractivity contribution is 5.20. The molecule has 3 saturated carbocycles. The summed E-state index contributed by atoms with van der Waals surface area (Å²) in [4.78, 5) is 16.2. The molecule has 2 bridgehead atoms. The molecule has 20 heavy (non-hydrogen) atoms. The van der Waals surface area contributed by atoms with E-state index in [1.807, 2.05) is 13.8 Å². The van der Waals surface area contributed by atoms with Crippen LogP contribution in [0.4, 0.5) is 0 Å². The number of hydrogen-bond donors (Lipinski definition) is 0. The van der Waals surface area contributed by atoms with Crippen LogP contribution in [0.3, 0.4) is 0 Å². The molecule has 0 aliphatic heterocycles. The van der Waals surface area contributed by atoms with E-state index < -0.39 is 0 Å². The summed E-state index contributed by atoms with van der Waals surface area (Å²) in [5.41, 5.74) is 0. The Morgan fingerprint density at radius 1 is 0.850 bits per heavy atom. The Kier molecular flexibility index (Phi) is 11.8. The minimum Gasteiger partial charge on any atom is -0.186 e. The molecular weight excluding hydrogens is 248 g/mol. The molecule has 2 nitrogen and oxygen atoms in total. The summed E-state index contributed by atoms with van der Waals surface area (Å²) in [6.07, 6.45) is 13.9. The minimum absolute atomic E-state index is 0.250. The van der Waals surface area contributed by atoms with Crippen LogP contribution < -0.4 is 0 Å². The molecular formula is C18H34O2. The molecule has 4 atom stereocenters. The van der Waals surface area contributed by atoms with E-state index in [9.17, 15) is 0 Å². The van der Waals surface area contributed by atoms with E-state index in [-0.39, 0.29) is 6.15 Å². The zero-order valence-electron chi connectivity index (χ0n) is 14.0. The molecule has 2 heteroatoms. The lowest BCUT2D eigenvalue weighted by Gasteiger charge is -2.23. The fourth-order valence-electron chi connectivity index (χ4n) is 4.37. The van der Waals surface area contributed by atoms with Crippen molar-refractivity contribution in [3.05, 3.63) is 0 Å². The van der Waals surface area contributed by atoms with Crippen molar-refractivity contribution < 1.29 is 9.59 Å². The van der Waals surface area contributed by atoms with Crippen LogP contribution >= 0.6 is 0 Å². The van der Waals surface area contributed by atoms with E-state index in [1.165, 1.54) is 42.9 Å². The fourth-order valence-corrected chi connectivity index (χ4v) is 4.37. The topological polar surface area (TPSA) is 34.1 Å². The van der Waals surface area contributed by atoms with Gasteiger partial charge in [0.25, 0.3) is 0 Å². The summed E-state index contributed by atoms with van der Waals surface area (Å²) in [7, 11) is 0. The number of rotatable bonds is 2. The van der Waals surface area contributed by atoms with Crippen LogP contribution in [-0.4, -0.2) is 6.15 Å². The molecule has 0 saturated heterocycles. The van der Waals surface area contributed by atoms with Crippen LogP contribution in [0.2, 0.25) is 0 Å². The Labute approximate surface area is 125 Å². The van der Waals surface area contributed by atoms with Gasteiger partial charge < -0.3 is 0 Å². The van der Waals surface area contributed by atoms with E-state index in [2.05, 4.69) is 13.8 Å². The number of carbonyl (C=O) groups excluding carboxylic acids is 2. The molecule has 3 rings (SSSR count). The van der Waals surface area contributed by atoms with Crippen molar-refractivity contribution in [1.29, 1.82) is 0 Å². The molecule has 3 aliphatic rings. The van der Waals surface area contributed by atoms with Gasteiger partial charge in [-0.25, -0.2) is 0 Å². The van der Waals surface area contributed by atoms with Gasteiger partial charge in [0, 0.05) is 0 Å². The Balaban J connectivity index is 0.000000312. The minimum atomic E-state index is 0.250. The SMILES string of the molecule is C1CC2C3CCC(C3)C2C1.CC.CCCCC.O=C=O. The van der Waals surface area contributed by atoms with Crippen LogP contribution in [0.15, 0.2) is 0 Å². The number of fused-ring (bicyclic) bond motifs is 5. The summed E-state index contributed by atoms with van der Waals surface area (Å²) < 4.78 is 0. The largest absolute Gasteiger partial charge is 0.373 e. The molecule has 0 N–H and O–H groups in total. The summed E-state index contributed by atoms with van der Waals surface area (Å²) in [6.45, 7) is 8.42. The normalized spacial score (nSPS) is 31.6. The van der Waals surface area contributed by atoms with Crippen molar-refractivity contribution in [1.82, 2.24) is 0 Å². The van der Waals surface area contributed by atoms with Gasteiger partial charge in [0.2, 0.25) is 0 Å². The molecule has 0 aromatic heterocycles. The third kappa shape index (κ3) is 5.79. The summed E-state index contributed by atoms with van der Waals surface area (Å²) in [5.74, 6) is 4.80. The van der Waals surface area contributed by atoms with Crippen LogP contribution in [0.25, 0.3) is 0 Å². The van der Waals surface area contributed by atoms with Crippen molar-refractivity contribution in [3.63, 3.8) is 0 Å². The van der Waals surface area contributed by atoms with E-state index in [4.69, 9.17) is 9.59 Å². The van der Waals surface area contributed by atoms with Gasteiger partial charge in [-0.15, -0.1) is 0 Å².